The van der Waals surface area contributed by atoms with Gasteiger partial charge in [0.2, 0.25) is 11.8 Å². The van der Waals surface area contributed by atoms with Crippen molar-refractivity contribution < 1.29 is 14.3 Å². The third-order valence-corrected chi connectivity index (χ3v) is 4.23. The van der Waals surface area contributed by atoms with Crippen LogP contribution in [0, 0.1) is 0 Å². The standard InChI is InChI=1S/C16H20N2O3/c1-21-14-9-11-5-3-2-4-10(11)8-13(14)18-16(20)12-6-7-15(19)17-12/h8-9,12H,2-7H2,1H3,(H,17,19)(H,18,20). The monoisotopic (exact) mass is 288 g/mol. The summed E-state index contributed by atoms with van der Waals surface area (Å²) in [6.07, 6.45) is 5.47. The molecular formula is C16H20N2O3. The molecule has 2 aliphatic rings. The molecule has 1 heterocycles. The normalized spacial score (nSPS) is 20.6. The molecule has 5 nitrogen and oxygen atoms in total. The summed E-state index contributed by atoms with van der Waals surface area (Å²) in [4.78, 5) is 23.4. The van der Waals surface area contributed by atoms with E-state index in [0.717, 1.165) is 12.8 Å². The van der Waals surface area contributed by atoms with E-state index in [1.807, 2.05) is 12.1 Å². The van der Waals surface area contributed by atoms with Crippen LogP contribution in [0.15, 0.2) is 12.1 Å². The summed E-state index contributed by atoms with van der Waals surface area (Å²) in [5.74, 6) is 0.454. The molecule has 2 N–H and O–H groups in total. The first kappa shape index (κ1) is 13.9. The topological polar surface area (TPSA) is 67.4 Å². The van der Waals surface area contributed by atoms with Crippen molar-refractivity contribution in [2.45, 2.75) is 44.6 Å². The van der Waals surface area contributed by atoms with Crippen LogP contribution in [0.3, 0.4) is 0 Å². The number of rotatable bonds is 3. The molecule has 0 saturated carbocycles. The van der Waals surface area contributed by atoms with Crippen LogP contribution < -0.4 is 15.4 Å². The summed E-state index contributed by atoms with van der Waals surface area (Å²) in [5.41, 5.74) is 3.29. The number of carbonyl (C=O) groups excluding carboxylic acids is 2. The zero-order chi connectivity index (χ0) is 14.8. The predicted octanol–water partition coefficient (Wildman–Crippen LogP) is 1.79. The van der Waals surface area contributed by atoms with Crippen LogP contribution in [0.1, 0.15) is 36.8 Å². The second kappa shape index (κ2) is 5.76. The molecule has 1 aliphatic heterocycles. The lowest BCUT2D eigenvalue weighted by atomic mass is 9.91. The van der Waals surface area contributed by atoms with Gasteiger partial charge in [0.05, 0.1) is 12.8 Å². The maximum atomic E-state index is 12.2. The Morgan fingerprint density at radius 2 is 1.95 bits per heavy atom. The van der Waals surface area contributed by atoms with Gasteiger partial charge in [0, 0.05) is 6.42 Å². The number of methoxy groups -OCH3 is 1. The molecule has 2 amide bonds. The maximum absolute atomic E-state index is 12.2. The van der Waals surface area contributed by atoms with Crippen molar-refractivity contribution in [2.75, 3.05) is 12.4 Å². The highest BCUT2D eigenvalue weighted by atomic mass is 16.5. The molecule has 1 saturated heterocycles. The van der Waals surface area contributed by atoms with Crippen LogP contribution in [0.5, 0.6) is 5.75 Å². The van der Waals surface area contributed by atoms with Gasteiger partial charge in [-0.05, 0) is 55.4 Å². The summed E-state index contributed by atoms with van der Waals surface area (Å²) in [6.45, 7) is 0. The van der Waals surface area contributed by atoms with Crippen molar-refractivity contribution in [3.63, 3.8) is 0 Å². The fraction of sp³-hybridized carbons (Fsp3) is 0.500. The van der Waals surface area contributed by atoms with E-state index in [1.165, 1.54) is 24.0 Å². The van der Waals surface area contributed by atoms with Crippen molar-refractivity contribution in [2.24, 2.45) is 0 Å². The first-order valence-electron chi connectivity index (χ1n) is 7.47. The number of hydrogen-bond donors (Lipinski definition) is 2. The Labute approximate surface area is 124 Å². The lowest BCUT2D eigenvalue weighted by Gasteiger charge is -2.20. The molecule has 1 aromatic carbocycles. The van der Waals surface area contributed by atoms with Crippen molar-refractivity contribution >= 4 is 17.5 Å². The lowest BCUT2D eigenvalue weighted by Crippen LogP contribution is -2.37. The molecule has 1 atom stereocenters. The zero-order valence-electron chi connectivity index (χ0n) is 12.2. The number of nitrogens with one attached hydrogen (secondary N) is 2. The Hall–Kier alpha value is -2.04. The number of benzene rings is 1. The van der Waals surface area contributed by atoms with Crippen molar-refractivity contribution in [1.82, 2.24) is 5.32 Å². The van der Waals surface area contributed by atoms with E-state index in [4.69, 9.17) is 4.74 Å². The number of fused-ring (bicyclic) bond motifs is 1. The second-order valence-corrected chi connectivity index (χ2v) is 5.68. The van der Waals surface area contributed by atoms with E-state index in [9.17, 15) is 9.59 Å². The van der Waals surface area contributed by atoms with Crippen LogP contribution in [-0.4, -0.2) is 25.0 Å². The van der Waals surface area contributed by atoms with Crippen LogP contribution in [0.25, 0.3) is 0 Å². The smallest absolute Gasteiger partial charge is 0.247 e. The highest BCUT2D eigenvalue weighted by Crippen LogP contribution is 2.32. The average molecular weight is 288 g/mol. The average Bonchev–Trinajstić information content (AvgIpc) is 2.93. The summed E-state index contributed by atoms with van der Waals surface area (Å²) in [6, 6.07) is 3.61. The number of carbonyl (C=O) groups is 2. The van der Waals surface area contributed by atoms with Crippen molar-refractivity contribution in [1.29, 1.82) is 0 Å². The zero-order valence-corrected chi connectivity index (χ0v) is 12.2. The quantitative estimate of drug-likeness (QED) is 0.891. The molecule has 1 unspecified atom stereocenters. The van der Waals surface area contributed by atoms with Crippen LogP contribution >= 0.6 is 0 Å². The van der Waals surface area contributed by atoms with E-state index >= 15 is 0 Å². The molecule has 0 bridgehead atoms. The Balaban J connectivity index is 1.80. The van der Waals surface area contributed by atoms with E-state index in [1.54, 1.807) is 7.11 Å². The number of hydrogen-bond acceptors (Lipinski definition) is 3. The van der Waals surface area contributed by atoms with Gasteiger partial charge in [-0.2, -0.15) is 0 Å². The van der Waals surface area contributed by atoms with Gasteiger partial charge in [-0.3, -0.25) is 9.59 Å². The Bertz CT molecular complexity index is 583. The minimum atomic E-state index is -0.432. The van der Waals surface area contributed by atoms with E-state index < -0.39 is 6.04 Å². The molecule has 5 heteroatoms. The molecule has 0 radical (unpaired) electrons. The molecule has 0 aromatic heterocycles. The van der Waals surface area contributed by atoms with E-state index in [0.29, 0.717) is 24.3 Å². The number of aryl methyl sites for hydroxylation is 2. The van der Waals surface area contributed by atoms with Gasteiger partial charge in [-0.15, -0.1) is 0 Å². The molecule has 1 aromatic rings. The maximum Gasteiger partial charge on any atom is 0.247 e. The highest BCUT2D eigenvalue weighted by Gasteiger charge is 2.28. The van der Waals surface area contributed by atoms with Crippen LogP contribution in [0.4, 0.5) is 5.69 Å². The van der Waals surface area contributed by atoms with Gasteiger partial charge in [-0.25, -0.2) is 0 Å². The third-order valence-electron chi connectivity index (χ3n) is 4.23. The summed E-state index contributed by atoms with van der Waals surface area (Å²) < 4.78 is 5.39. The van der Waals surface area contributed by atoms with Crippen molar-refractivity contribution in [3.8, 4) is 5.75 Å². The van der Waals surface area contributed by atoms with Gasteiger partial charge < -0.3 is 15.4 Å². The number of anilines is 1. The Kier molecular flexibility index (Phi) is 3.82. The van der Waals surface area contributed by atoms with Crippen molar-refractivity contribution in [3.05, 3.63) is 23.3 Å². The predicted molar refractivity (Wildman–Crippen MR) is 79.4 cm³/mol. The Morgan fingerprint density at radius 3 is 2.57 bits per heavy atom. The largest absolute Gasteiger partial charge is 0.495 e. The number of ether oxygens (including phenoxy) is 1. The minimum Gasteiger partial charge on any atom is -0.495 e. The summed E-state index contributed by atoms with van der Waals surface area (Å²) >= 11 is 0. The molecular weight excluding hydrogens is 268 g/mol. The van der Waals surface area contributed by atoms with Gasteiger partial charge >= 0.3 is 0 Å². The third kappa shape index (κ3) is 2.86. The van der Waals surface area contributed by atoms with E-state index in [2.05, 4.69) is 10.6 Å². The van der Waals surface area contributed by atoms with E-state index in [-0.39, 0.29) is 11.8 Å². The van der Waals surface area contributed by atoms with Gasteiger partial charge in [0.15, 0.2) is 0 Å². The molecule has 21 heavy (non-hydrogen) atoms. The van der Waals surface area contributed by atoms with Gasteiger partial charge in [-0.1, -0.05) is 0 Å². The first-order chi connectivity index (χ1) is 10.2. The fourth-order valence-corrected chi connectivity index (χ4v) is 3.06. The SMILES string of the molecule is COc1cc2c(cc1NC(=O)C1CCC(=O)N1)CCCC2. The fourth-order valence-electron chi connectivity index (χ4n) is 3.06. The Morgan fingerprint density at radius 1 is 1.24 bits per heavy atom. The van der Waals surface area contributed by atoms with Gasteiger partial charge in [0.1, 0.15) is 11.8 Å². The van der Waals surface area contributed by atoms with Gasteiger partial charge in [0.25, 0.3) is 0 Å². The minimum absolute atomic E-state index is 0.0624. The molecule has 112 valence electrons. The molecule has 1 aliphatic carbocycles. The van der Waals surface area contributed by atoms with Crippen LogP contribution in [-0.2, 0) is 22.4 Å². The molecule has 0 spiro atoms. The second-order valence-electron chi connectivity index (χ2n) is 5.68. The molecule has 1 fully saturated rings. The summed E-state index contributed by atoms with van der Waals surface area (Å²) in [5, 5.41) is 5.58. The first-order valence-corrected chi connectivity index (χ1v) is 7.47. The highest BCUT2D eigenvalue weighted by molar-refractivity contribution is 6.00. The lowest BCUT2D eigenvalue weighted by molar-refractivity contribution is -0.122. The summed E-state index contributed by atoms with van der Waals surface area (Å²) in [7, 11) is 1.61. The molecule has 3 rings (SSSR count). The number of amides is 2. The van der Waals surface area contributed by atoms with Crippen LogP contribution in [0.2, 0.25) is 0 Å².